The van der Waals surface area contributed by atoms with E-state index in [2.05, 4.69) is 14.9 Å². The minimum Gasteiger partial charge on any atom is -0.496 e. The number of nitrogens with zero attached hydrogens (tertiary/aromatic N) is 3. The number of hydrogen-bond donors (Lipinski definition) is 1. The molecule has 2 aromatic carbocycles. The van der Waals surface area contributed by atoms with E-state index in [1.165, 1.54) is 0 Å². The van der Waals surface area contributed by atoms with E-state index in [4.69, 9.17) is 9.47 Å². The number of benzene rings is 2. The molecule has 5 rings (SSSR count). The van der Waals surface area contributed by atoms with Gasteiger partial charge < -0.3 is 24.3 Å². The summed E-state index contributed by atoms with van der Waals surface area (Å²) in [5.74, 6) is 1.71. The Hall–Kier alpha value is -4.07. The van der Waals surface area contributed by atoms with Crippen LogP contribution in [0.15, 0.2) is 54.7 Å². The van der Waals surface area contributed by atoms with Crippen LogP contribution < -0.4 is 14.4 Å². The smallest absolute Gasteiger partial charge is 0.270 e. The van der Waals surface area contributed by atoms with Crippen LogP contribution in [0.1, 0.15) is 49.7 Å². The van der Waals surface area contributed by atoms with Crippen molar-refractivity contribution in [3.05, 3.63) is 71.8 Å². The molecule has 3 heterocycles. The van der Waals surface area contributed by atoms with Gasteiger partial charge >= 0.3 is 0 Å². The number of aromatic amines is 1. The molecular formula is C31H35FN4O3. The van der Waals surface area contributed by atoms with Crippen LogP contribution in [0.25, 0.3) is 22.0 Å². The van der Waals surface area contributed by atoms with E-state index < -0.39 is 0 Å². The van der Waals surface area contributed by atoms with Crippen LogP contribution in [0.2, 0.25) is 0 Å². The number of ether oxygens (including phenoxy) is 2. The van der Waals surface area contributed by atoms with E-state index in [1.54, 1.807) is 24.3 Å². The monoisotopic (exact) mass is 530 g/mol. The van der Waals surface area contributed by atoms with E-state index in [-0.39, 0.29) is 23.7 Å². The summed E-state index contributed by atoms with van der Waals surface area (Å²) in [6, 6.07) is 15.1. The number of halogens is 1. The van der Waals surface area contributed by atoms with Gasteiger partial charge in [-0.3, -0.25) is 4.79 Å². The first kappa shape index (κ1) is 26.5. The SMILES string of the molecule is COc1ccccc1-c1cc(C(C)C)c(F)c2[nH]c(C(=O)N3CCN(c4ncccc4OC(C)C)CC3)cc12. The Balaban J connectivity index is 1.44. The lowest BCUT2D eigenvalue weighted by Crippen LogP contribution is -2.49. The van der Waals surface area contributed by atoms with E-state index in [1.807, 2.05) is 70.2 Å². The summed E-state index contributed by atoms with van der Waals surface area (Å²) in [4.78, 5) is 25.2. The van der Waals surface area contributed by atoms with Gasteiger partial charge in [0.25, 0.3) is 5.91 Å². The van der Waals surface area contributed by atoms with Crippen molar-refractivity contribution in [3.8, 4) is 22.6 Å². The molecule has 1 fully saturated rings. The summed E-state index contributed by atoms with van der Waals surface area (Å²) in [5.41, 5.74) is 2.99. The largest absolute Gasteiger partial charge is 0.496 e. The summed E-state index contributed by atoms with van der Waals surface area (Å²) < 4.78 is 27.2. The molecule has 1 N–H and O–H groups in total. The maximum atomic E-state index is 15.7. The fourth-order valence-corrected chi connectivity index (χ4v) is 5.16. The highest BCUT2D eigenvalue weighted by molar-refractivity contribution is 6.04. The average Bonchev–Trinajstić information content (AvgIpc) is 3.39. The molecule has 1 saturated heterocycles. The number of pyridine rings is 1. The van der Waals surface area contributed by atoms with Gasteiger partial charge in [0.2, 0.25) is 0 Å². The molecule has 1 aliphatic heterocycles. The topological polar surface area (TPSA) is 70.7 Å². The predicted octanol–water partition coefficient (Wildman–Crippen LogP) is 6.25. The number of aromatic nitrogens is 2. The Morgan fingerprint density at radius 3 is 2.38 bits per heavy atom. The number of carbonyl (C=O) groups is 1. The maximum absolute atomic E-state index is 15.7. The Kier molecular flexibility index (Phi) is 7.46. The number of amides is 1. The Morgan fingerprint density at radius 1 is 0.974 bits per heavy atom. The molecule has 1 aliphatic rings. The second kappa shape index (κ2) is 11.0. The van der Waals surface area contributed by atoms with Gasteiger partial charge in [-0.05, 0) is 61.2 Å². The molecule has 0 aliphatic carbocycles. The van der Waals surface area contributed by atoms with Gasteiger partial charge in [0.1, 0.15) is 11.4 Å². The highest BCUT2D eigenvalue weighted by Gasteiger charge is 2.27. The number of anilines is 1. The Morgan fingerprint density at radius 2 is 1.69 bits per heavy atom. The fourth-order valence-electron chi connectivity index (χ4n) is 5.16. The Labute approximate surface area is 228 Å². The number of piperazine rings is 1. The summed E-state index contributed by atoms with van der Waals surface area (Å²) >= 11 is 0. The number of methoxy groups -OCH3 is 1. The van der Waals surface area contributed by atoms with Crippen molar-refractivity contribution < 1.29 is 18.7 Å². The molecule has 1 amide bonds. The van der Waals surface area contributed by atoms with Crippen molar-refractivity contribution in [2.75, 3.05) is 38.2 Å². The molecule has 7 nitrogen and oxygen atoms in total. The second-order valence-electron chi connectivity index (χ2n) is 10.4. The van der Waals surface area contributed by atoms with Crippen LogP contribution in [0, 0.1) is 5.82 Å². The number of para-hydroxylation sites is 1. The molecule has 4 aromatic rings. The second-order valence-corrected chi connectivity index (χ2v) is 10.4. The minimum atomic E-state index is -0.324. The van der Waals surface area contributed by atoms with Crippen molar-refractivity contribution in [1.82, 2.24) is 14.9 Å². The van der Waals surface area contributed by atoms with Crippen LogP contribution >= 0.6 is 0 Å². The van der Waals surface area contributed by atoms with Crippen molar-refractivity contribution in [1.29, 1.82) is 0 Å². The minimum absolute atomic E-state index is 0.0328. The standard InChI is InChI=1S/C31H35FN4O3/c1-19(2)22-17-23(21-9-6-7-10-26(21)38-5)24-18-25(34-29(24)28(22)32)31(37)36-15-13-35(14-16-36)30-27(39-20(3)4)11-8-12-33-30/h6-12,17-20,34H,13-16H2,1-5H3. The van der Waals surface area contributed by atoms with Gasteiger partial charge in [-0.15, -0.1) is 0 Å². The molecule has 39 heavy (non-hydrogen) atoms. The summed E-state index contributed by atoms with van der Waals surface area (Å²) in [6.07, 6.45) is 1.79. The fraction of sp³-hybridized carbons (Fsp3) is 0.355. The molecular weight excluding hydrogens is 495 g/mol. The number of rotatable bonds is 7. The lowest BCUT2D eigenvalue weighted by molar-refractivity contribution is 0.0741. The quantitative estimate of drug-likeness (QED) is 0.306. The maximum Gasteiger partial charge on any atom is 0.270 e. The predicted molar refractivity (Wildman–Crippen MR) is 152 cm³/mol. The zero-order valence-electron chi connectivity index (χ0n) is 23.1. The zero-order valence-corrected chi connectivity index (χ0v) is 23.1. The van der Waals surface area contributed by atoms with Crippen LogP contribution in [-0.2, 0) is 0 Å². The van der Waals surface area contributed by atoms with Gasteiger partial charge in [0, 0.05) is 43.3 Å². The van der Waals surface area contributed by atoms with Crippen molar-refractivity contribution >= 4 is 22.6 Å². The lowest BCUT2D eigenvalue weighted by Gasteiger charge is -2.35. The van der Waals surface area contributed by atoms with Crippen molar-refractivity contribution in [2.24, 2.45) is 0 Å². The molecule has 0 saturated carbocycles. The number of carbonyl (C=O) groups excluding carboxylic acids is 1. The molecule has 8 heteroatoms. The number of fused-ring (bicyclic) bond motifs is 1. The summed E-state index contributed by atoms with van der Waals surface area (Å²) in [6.45, 7) is 10.2. The van der Waals surface area contributed by atoms with E-state index in [0.29, 0.717) is 54.1 Å². The van der Waals surface area contributed by atoms with Gasteiger partial charge in [0.05, 0.1) is 18.7 Å². The average molecular weight is 531 g/mol. The Bertz CT molecular complexity index is 1490. The van der Waals surface area contributed by atoms with Crippen LogP contribution in [-0.4, -0.2) is 60.2 Å². The molecule has 0 radical (unpaired) electrons. The number of H-pyrrole nitrogens is 1. The van der Waals surface area contributed by atoms with E-state index in [0.717, 1.165) is 22.7 Å². The molecule has 0 unspecified atom stereocenters. The molecule has 0 spiro atoms. The normalized spacial score (nSPS) is 13.9. The highest BCUT2D eigenvalue weighted by Crippen LogP contribution is 2.39. The van der Waals surface area contributed by atoms with Crippen molar-refractivity contribution in [3.63, 3.8) is 0 Å². The first-order valence-electron chi connectivity index (χ1n) is 13.4. The third kappa shape index (κ3) is 5.15. The van der Waals surface area contributed by atoms with Gasteiger partial charge in [-0.1, -0.05) is 32.0 Å². The van der Waals surface area contributed by atoms with Gasteiger partial charge in [-0.25, -0.2) is 9.37 Å². The highest BCUT2D eigenvalue weighted by atomic mass is 19.1. The number of hydrogen-bond acceptors (Lipinski definition) is 5. The molecule has 0 atom stereocenters. The summed E-state index contributed by atoms with van der Waals surface area (Å²) in [5, 5.41) is 0.660. The third-order valence-electron chi connectivity index (χ3n) is 7.11. The third-order valence-corrected chi connectivity index (χ3v) is 7.11. The molecule has 2 aromatic heterocycles. The summed E-state index contributed by atoms with van der Waals surface area (Å²) in [7, 11) is 1.62. The van der Waals surface area contributed by atoms with E-state index >= 15 is 4.39 Å². The van der Waals surface area contributed by atoms with Crippen molar-refractivity contribution in [2.45, 2.75) is 39.7 Å². The van der Waals surface area contributed by atoms with Crippen LogP contribution in [0.5, 0.6) is 11.5 Å². The first-order chi connectivity index (χ1) is 18.8. The van der Waals surface area contributed by atoms with Gasteiger partial charge in [-0.2, -0.15) is 0 Å². The van der Waals surface area contributed by atoms with Crippen LogP contribution in [0.3, 0.4) is 0 Å². The van der Waals surface area contributed by atoms with Gasteiger partial charge in [0.15, 0.2) is 17.4 Å². The first-order valence-corrected chi connectivity index (χ1v) is 13.4. The number of nitrogens with one attached hydrogen (secondary N) is 1. The molecule has 204 valence electrons. The van der Waals surface area contributed by atoms with Crippen LogP contribution in [0.4, 0.5) is 10.2 Å². The lowest BCUT2D eigenvalue weighted by atomic mass is 9.93. The zero-order chi connectivity index (χ0) is 27.7. The molecule has 0 bridgehead atoms. The van der Waals surface area contributed by atoms with E-state index in [9.17, 15) is 4.79 Å².